The van der Waals surface area contributed by atoms with Gasteiger partial charge in [0.05, 0.1) is 7.11 Å². The summed E-state index contributed by atoms with van der Waals surface area (Å²) in [6, 6.07) is 8.11. The molecule has 1 aliphatic heterocycles. The number of halogens is 1. The van der Waals surface area contributed by atoms with Crippen LogP contribution in [0.25, 0.3) is 0 Å². The Morgan fingerprint density at radius 3 is 2.37 bits per heavy atom. The predicted octanol–water partition coefficient (Wildman–Crippen LogP) is 1.58. The Morgan fingerprint density at radius 1 is 1.21 bits per heavy atom. The number of rotatable bonds is 4. The maximum absolute atomic E-state index is 11.5. The van der Waals surface area contributed by atoms with E-state index in [1.54, 1.807) is 7.11 Å². The number of ether oxygens (including phenoxy) is 1. The summed E-state index contributed by atoms with van der Waals surface area (Å²) in [7, 11) is 1.67. The Bertz CT molecular complexity index is 414. The zero-order chi connectivity index (χ0) is 13.7. The molecule has 4 nitrogen and oxygen atoms in total. The van der Waals surface area contributed by atoms with Gasteiger partial charge in [0, 0.05) is 32.7 Å². The highest BCUT2D eigenvalue weighted by Gasteiger charge is 2.20. The van der Waals surface area contributed by atoms with Crippen LogP contribution in [0, 0.1) is 0 Å². The maximum atomic E-state index is 11.5. The average molecular weight is 283 g/mol. The molecule has 19 heavy (non-hydrogen) atoms. The molecule has 0 N–H and O–H groups in total. The third-order valence-electron chi connectivity index (χ3n) is 3.40. The fourth-order valence-electron chi connectivity index (χ4n) is 2.23. The second-order valence-corrected chi connectivity index (χ2v) is 4.91. The molecule has 1 heterocycles. The molecule has 0 saturated carbocycles. The van der Waals surface area contributed by atoms with E-state index in [-0.39, 0.29) is 11.8 Å². The van der Waals surface area contributed by atoms with Gasteiger partial charge in [-0.2, -0.15) is 0 Å². The summed E-state index contributed by atoms with van der Waals surface area (Å²) >= 11 is 5.56. The summed E-state index contributed by atoms with van der Waals surface area (Å²) in [6.07, 6.45) is 0. The smallest absolute Gasteiger partial charge is 0.237 e. The predicted molar refractivity (Wildman–Crippen MR) is 75.6 cm³/mol. The number of nitrogens with zero attached hydrogens (tertiary/aromatic N) is 2. The van der Waals surface area contributed by atoms with E-state index in [0.717, 1.165) is 38.5 Å². The second kappa shape index (κ2) is 6.78. The van der Waals surface area contributed by atoms with Gasteiger partial charge in [0.15, 0.2) is 0 Å². The topological polar surface area (TPSA) is 32.8 Å². The quantitative estimate of drug-likeness (QED) is 0.786. The lowest BCUT2D eigenvalue weighted by atomic mass is 10.2. The number of hydrogen-bond acceptors (Lipinski definition) is 3. The van der Waals surface area contributed by atoms with Crippen LogP contribution in [-0.2, 0) is 11.3 Å². The van der Waals surface area contributed by atoms with Crippen LogP contribution in [0.15, 0.2) is 24.3 Å². The van der Waals surface area contributed by atoms with E-state index in [4.69, 9.17) is 16.3 Å². The summed E-state index contributed by atoms with van der Waals surface area (Å²) in [5.41, 5.74) is 1.26. The molecule has 2 rings (SSSR count). The molecule has 1 aromatic carbocycles. The molecule has 0 spiro atoms. The lowest BCUT2D eigenvalue weighted by Crippen LogP contribution is -2.48. The highest BCUT2D eigenvalue weighted by Crippen LogP contribution is 2.14. The van der Waals surface area contributed by atoms with Gasteiger partial charge in [0.1, 0.15) is 11.6 Å². The first-order chi connectivity index (χ1) is 9.22. The molecule has 1 amide bonds. The van der Waals surface area contributed by atoms with E-state index in [9.17, 15) is 4.79 Å². The molecule has 0 aliphatic carbocycles. The van der Waals surface area contributed by atoms with Gasteiger partial charge in [-0.3, -0.25) is 9.69 Å². The molecular weight excluding hydrogens is 264 g/mol. The van der Waals surface area contributed by atoms with Gasteiger partial charge in [-0.1, -0.05) is 12.1 Å². The number of hydrogen-bond donors (Lipinski definition) is 0. The van der Waals surface area contributed by atoms with Gasteiger partial charge in [-0.05, 0) is 17.7 Å². The number of benzene rings is 1. The lowest BCUT2D eigenvalue weighted by Gasteiger charge is -2.34. The van der Waals surface area contributed by atoms with Crippen LogP contribution in [-0.4, -0.2) is 54.9 Å². The van der Waals surface area contributed by atoms with Crippen LogP contribution in [0.3, 0.4) is 0 Å². The number of amides is 1. The third kappa shape index (κ3) is 3.85. The molecule has 1 saturated heterocycles. The first-order valence-corrected chi connectivity index (χ1v) is 6.95. The first kappa shape index (κ1) is 14.2. The van der Waals surface area contributed by atoms with Crippen LogP contribution in [0.4, 0.5) is 0 Å². The van der Waals surface area contributed by atoms with Gasteiger partial charge >= 0.3 is 0 Å². The zero-order valence-electron chi connectivity index (χ0n) is 11.1. The van der Waals surface area contributed by atoms with Crippen molar-refractivity contribution in [1.29, 1.82) is 0 Å². The highest BCUT2D eigenvalue weighted by molar-refractivity contribution is 6.27. The van der Waals surface area contributed by atoms with Crippen molar-refractivity contribution in [3.05, 3.63) is 29.8 Å². The summed E-state index contributed by atoms with van der Waals surface area (Å²) in [5.74, 6) is 0.991. The van der Waals surface area contributed by atoms with Crippen LogP contribution in [0.2, 0.25) is 0 Å². The van der Waals surface area contributed by atoms with Gasteiger partial charge in [0.2, 0.25) is 5.91 Å². The van der Waals surface area contributed by atoms with Crippen molar-refractivity contribution in [3.8, 4) is 5.75 Å². The molecule has 0 atom stereocenters. The van der Waals surface area contributed by atoms with Gasteiger partial charge < -0.3 is 9.64 Å². The number of carbonyl (C=O) groups is 1. The van der Waals surface area contributed by atoms with E-state index < -0.39 is 0 Å². The minimum absolute atomic E-state index is 0.0331. The molecule has 104 valence electrons. The minimum Gasteiger partial charge on any atom is -0.497 e. The van der Waals surface area contributed by atoms with E-state index in [2.05, 4.69) is 17.0 Å². The van der Waals surface area contributed by atoms with E-state index in [1.165, 1.54) is 5.56 Å². The minimum atomic E-state index is 0.0331. The normalized spacial score (nSPS) is 16.4. The molecule has 1 fully saturated rings. The van der Waals surface area contributed by atoms with Gasteiger partial charge in [-0.15, -0.1) is 11.6 Å². The largest absolute Gasteiger partial charge is 0.497 e. The molecule has 0 bridgehead atoms. The average Bonchev–Trinajstić information content (AvgIpc) is 2.48. The van der Waals surface area contributed by atoms with Crippen molar-refractivity contribution in [1.82, 2.24) is 9.80 Å². The van der Waals surface area contributed by atoms with E-state index >= 15 is 0 Å². The summed E-state index contributed by atoms with van der Waals surface area (Å²) in [6.45, 7) is 4.24. The van der Waals surface area contributed by atoms with Crippen molar-refractivity contribution in [2.75, 3.05) is 39.2 Å². The fourth-order valence-corrected chi connectivity index (χ4v) is 2.40. The zero-order valence-corrected chi connectivity index (χ0v) is 11.9. The SMILES string of the molecule is COc1ccc(CN2CCN(C(=O)CCl)CC2)cc1. The fraction of sp³-hybridized carbons (Fsp3) is 0.500. The number of alkyl halides is 1. The molecule has 5 heteroatoms. The van der Waals surface area contributed by atoms with Crippen molar-refractivity contribution in [2.24, 2.45) is 0 Å². The standard InChI is InChI=1S/C14H19ClN2O2/c1-19-13-4-2-12(3-5-13)11-16-6-8-17(9-7-16)14(18)10-15/h2-5H,6-11H2,1H3. The Balaban J connectivity index is 1.83. The van der Waals surface area contributed by atoms with Crippen molar-refractivity contribution < 1.29 is 9.53 Å². The third-order valence-corrected chi connectivity index (χ3v) is 3.63. The lowest BCUT2D eigenvalue weighted by molar-refractivity contribution is -0.130. The number of carbonyl (C=O) groups excluding carboxylic acids is 1. The molecule has 0 aromatic heterocycles. The summed E-state index contributed by atoms with van der Waals surface area (Å²) in [4.78, 5) is 15.6. The van der Waals surface area contributed by atoms with Crippen molar-refractivity contribution in [2.45, 2.75) is 6.54 Å². The Hall–Kier alpha value is -1.26. The van der Waals surface area contributed by atoms with Crippen LogP contribution in [0.1, 0.15) is 5.56 Å². The molecule has 0 unspecified atom stereocenters. The maximum Gasteiger partial charge on any atom is 0.237 e. The Kier molecular flexibility index (Phi) is 5.05. The van der Waals surface area contributed by atoms with Gasteiger partial charge in [-0.25, -0.2) is 0 Å². The Labute approximate surface area is 118 Å². The highest BCUT2D eigenvalue weighted by atomic mass is 35.5. The monoisotopic (exact) mass is 282 g/mol. The van der Waals surface area contributed by atoms with E-state index in [1.807, 2.05) is 17.0 Å². The molecule has 1 aromatic rings. The van der Waals surface area contributed by atoms with Crippen LogP contribution < -0.4 is 4.74 Å². The number of methoxy groups -OCH3 is 1. The van der Waals surface area contributed by atoms with Crippen LogP contribution >= 0.6 is 11.6 Å². The number of piperazine rings is 1. The Morgan fingerprint density at radius 2 is 1.84 bits per heavy atom. The molecule has 0 radical (unpaired) electrons. The van der Waals surface area contributed by atoms with Crippen LogP contribution in [0.5, 0.6) is 5.75 Å². The van der Waals surface area contributed by atoms with Crippen molar-refractivity contribution >= 4 is 17.5 Å². The second-order valence-electron chi connectivity index (χ2n) is 4.64. The summed E-state index contributed by atoms with van der Waals surface area (Å²) in [5, 5.41) is 0. The molecule has 1 aliphatic rings. The first-order valence-electron chi connectivity index (χ1n) is 6.42. The molecular formula is C14H19ClN2O2. The summed E-state index contributed by atoms with van der Waals surface area (Å²) < 4.78 is 5.14. The van der Waals surface area contributed by atoms with Gasteiger partial charge in [0.25, 0.3) is 0 Å². The van der Waals surface area contributed by atoms with E-state index in [0.29, 0.717) is 0 Å². The van der Waals surface area contributed by atoms with Crippen molar-refractivity contribution in [3.63, 3.8) is 0 Å².